The molecular formula is C23H29N5O4S. The van der Waals surface area contributed by atoms with Gasteiger partial charge in [0, 0.05) is 31.9 Å². The molecule has 1 atom stereocenters. The van der Waals surface area contributed by atoms with Gasteiger partial charge < -0.3 is 19.9 Å². The number of methoxy groups -OCH3 is 1. The van der Waals surface area contributed by atoms with Gasteiger partial charge in [-0.25, -0.2) is 0 Å². The highest BCUT2D eigenvalue weighted by Gasteiger charge is 2.33. The summed E-state index contributed by atoms with van der Waals surface area (Å²) in [5.74, 6) is 0.610. The van der Waals surface area contributed by atoms with E-state index in [0.717, 1.165) is 50.1 Å². The van der Waals surface area contributed by atoms with Gasteiger partial charge in [0.1, 0.15) is 5.75 Å². The van der Waals surface area contributed by atoms with E-state index in [-0.39, 0.29) is 27.7 Å². The van der Waals surface area contributed by atoms with E-state index in [1.807, 2.05) is 4.90 Å². The molecule has 2 aliphatic rings. The van der Waals surface area contributed by atoms with Gasteiger partial charge in [-0.2, -0.15) is 0 Å². The number of benzene rings is 1. The van der Waals surface area contributed by atoms with Gasteiger partial charge in [0.05, 0.1) is 13.0 Å². The standard InChI is InChI=1S/C23H29N5O4S/c1-15-9-12-27(13-10-15)22(30)16-4-3-11-28(14-16)23(31)21-26-25-20(33-21)19(29)24-17-5-7-18(32-2)8-6-17/h5-8,15-16H,3-4,9-14H2,1-2H3,(H,24,29)/t16-/m1/s1. The Hall–Kier alpha value is -3.01. The Bertz CT molecular complexity index is 1000. The number of ether oxygens (including phenoxy) is 1. The second-order valence-corrected chi connectivity index (χ2v) is 9.67. The third-order valence-corrected chi connectivity index (χ3v) is 7.21. The topological polar surface area (TPSA) is 105 Å². The monoisotopic (exact) mass is 471 g/mol. The highest BCUT2D eigenvalue weighted by atomic mass is 32.1. The van der Waals surface area contributed by atoms with Gasteiger partial charge in [0.2, 0.25) is 15.9 Å². The van der Waals surface area contributed by atoms with Crippen LogP contribution in [-0.2, 0) is 4.79 Å². The summed E-state index contributed by atoms with van der Waals surface area (Å²) in [7, 11) is 1.57. The van der Waals surface area contributed by atoms with Gasteiger partial charge in [0.25, 0.3) is 11.8 Å². The number of hydrogen-bond donors (Lipinski definition) is 1. The van der Waals surface area contributed by atoms with Crippen molar-refractivity contribution in [1.29, 1.82) is 0 Å². The molecule has 9 nitrogen and oxygen atoms in total. The third-order valence-electron chi connectivity index (χ3n) is 6.30. The molecule has 2 fully saturated rings. The average Bonchev–Trinajstić information content (AvgIpc) is 3.35. The highest BCUT2D eigenvalue weighted by molar-refractivity contribution is 7.15. The summed E-state index contributed by atoms with van der Waals surface area (Å²) in [5, 5.41) is 10.9. The van der Waals surface area contributed by atoms with Crippen LogP contribution in [0.15, 0.2) is 24.3 Å². The summed E-state index contributed by atoms with van der Waals surface area (Å²) >= 11 is 0.962. The summed E-state index contributed by atoms with van der Waals surface area (Å²) in [5.41, 5.74) is 0.591. The molecule has 1 aromatic heterocycles. The van der Waals surface area contributed by atoms with Crippen LogP contribution < -0.4 is 10.1 Å². The van der Waals surface area contributed by atoms with Crippen LogP contribution in [0.4, 0.5) is 5.69 Å². The maximum atomic E-state index is 13.0. The maximum Gasteiger partial charge on any atom is 0.286 e. The van der Waals surface area contributed by atoms with Gasteiger partial charge in [-0.1, -0.05) is 18.3 Å². The molecule has 0 spiro atoms. The minimum Gasteiger partial charge on any atom is -0.497 e. The predicted octanol–water partition coefficient (Wildman–Crippen LogP) is 2.91. The smallest absolute Gasteiger partial charge is 0.286 e. The van der Waals surface area contributed by atoms with E-state index in [1.165, 1.54) is 0 Å². The van der Waals surface area contributed by atoms with Crippen LogP contribution in [0.25, 0.3) is 0 Å². The first kappa shape index (κ1) is 23.2. The van der Waals surface area contributed by atoms with Crippen LogP contribution in [0.3, 0.4) is 0 Å². The zero-order valence-corrected chi connectivity index (χ0v) is 19.8. The Morgan fingerprint density at radius 1 is 1.00 bits per heavy atom. The number of likely N-dealkylation sites (tertiary alicyclic amines) is 2. The molecule has 0 saturated carbocycles. The summed E-state index contributed by atoms with van der Waals surface area (Å²) in [4.78, 5) is 42.1. The molecule has 10 heteroatoms. The van der Waals surface area contributed by atoms with Crippen molar-refractivity contribution >= 4 is 34.7 Å². The average molecular weight is 472 g/mol. The van der Waals surface area contributed by atoms with Crippen LogP contribution >= 0.6 is 11.3 Å². The van der Waals surface area contributed by atoms with Crippen LogP contribution in [-0.4, -0.2) is 71.0 Å². The number of aromatic nitrogens is 2. The van der Waals surface area contributed by atoms with E-state index in [9.17, 15) is 14.4 Å². The molecule has 176 valence electrons. The number of nitrogens with one attached hydrogen (secondary N) is 1. The van der Waals surface area contributed by atoms with E-state index in [1.54, 1.807) is 36.3 Å². The molecule has 33 heavy (non-hydrogen) atoms. The van der Waals surface area contributed by atoms with Gasteiger partial charge in [-0.15, -0.1) is 10.2 Å². The minimum atomic E-state index is -0.428. The first-order valence-electron chi connectivity index (χ1n) is 11.3. The Labute approximate surface area is 197 Å². The molecule has 1 aromatic carbocycles. The zero-order chi connectivity index (χ0) is 23.4. The molecule has 4 rings (SSSR count). The van der Waals surface area contributed by atoms with Crippen molar-refractivity contribution < 1.29 is 19.1 Å². The Morgan fingerprint density at radius 2 is 1.70 bits per heavy atom. The van der Waals surface area contributed by atoms with Crippen LogP contribution in [0.5, 0.6) is 5.75 Å². The van der Waals surface area contributed by atoms with Crippen LogP contribution in [0, 0.1) is 11.8 Å². The number of rotatable bonds is 5. The molecule has 2 aliphatic heterocycles. The SMILES string of the molecule is COc1ccc(NC(=O)c2nnc(C(=O)N3CCC[C@@H](C(=O)N4CCC(C)CC4)C3)s2)cc1. The second-order valence-electron chi connectivity index (χ2n) is 8.69. The summed E-state index contributed by atoms with van der Waals surface area (Å²) in [6, 6.07) is 6.92. The normalized spacial score (nSPS) is 19.3. The maximum absolute atomic E-state index is 13.0. The molecule has 3 heterocycles. The quantitative estimate of drug-likeness (QED) is 0.719. The van der Waals surface area contributed by atoms with Crippen molar-refractivity contribution in [3.05, 3.63) is 34.3 Å². The number of anilines is 1. The molecule has 2 aromatic rings. The lowest BCUT2D eigenvalue weighted by Gasteiger charge is -2.37. The van der Waals surface area contributed by atoms with Crippen molar-refractivity contribution in [2.24, 2.45) is 11.8 Å². The van der Waals surface area contributed by atoms with Gasteiger partial charge in [0.15, 0.2) is 0 Å². The third kappa shape index (κ3) is 5.50. The molecule has 0 radical (unpaired) electrons. The zero-order valence-electron chi connectivity index (χ0n) is 19.0. The largest absolute Gasteiger partial charge is 0.497 e. The van der Waals surface area contributed by atoms with Crippen molar-refractivity contribution in [2.75, 3.05) is 38.6 Å². The molecule has 3 amide bonds. The number of carbonyl (C=O) groups is 3. The molecule has 0 aliphatic carbocycles. The van der Waals surface area contributed by atoms with E-state index in [2.05, 4.69) is 22.4 Å². The summed E-state index contributed by atoms with van der Waals surface area (Å²) in [6.07, 6.45) is 3.64. The van der Waals surface area contributed by atoms with E-state index < -0.39 is 5.91 Å². The lowest BCUT2D eigenvalue weighted by atomic mass is 9.93. The molecular weight excluding hydrogens is 442 g/mol. The van der Waals surface area contributed by atoms with Gasteiger partial charge in [-0.05, 0) is 55.9 Å². The molecule has 0 bridgehead atoms. The van der Waals surface area contributed by atoms with Gasteiger partial charge >= 0.3 is 0 Å². The van der Waals surface area contributed by atoms with Gasteiger partial charge in [-0.3, -0.25) is 14.4 Å². The predicted molar refractivity (Wildman–Crippen MR) is 124 cm³/mol. The first-order valence-corrected chi connectivity index (χ1v) is 12.1. The Kier molecular flexibility index (Phi) is 7.22. The van der Waals surface area contributed by atoms with Crippen LogP contribution in [0.1, 0.15) is 52.2 Å². The van der Waals surface area contributed by atoms with Crippen molar-refractivity contribution in [2.45, 2.75) is 32.6 Å². The highest BCUT2D eigenvalue weighted by Crippen LogP contribution is 2.25. The molecule has 0 unspecified atom stereocenters. The van der Waals surface area contributed by atoms with Crippen molar-refractivity contribution in [3.63, 3.8) is 0 Å². The van der Waals surface area contributed by atoms with Crippen molar-refractivity contribution in [3.8, 4) is 5.75 Å². The summed E-state index contributed by atoms with van der Waals surface area (Å²) < 4.78 is 5.11. The fourth-order valence-electron chi connectivity index (χ4n) is 4.25. The fraction of sp³-hybridized carbons (Fsp3) is 0.522. The lowest BCUT2D eigenvalue weighted by molar-refractivity contribution is -0.138. The van der Waals surface area contributed by atoms with E-state index in [4.69, 9.17) is 4.74 Å². The summed E-state index contributed by atoms with van der Waals surface area (Å²) in [6.45, 7) is 4.78. The second kappa shape index (κ2) is 10.3. The number of piperidine rings is 2. The number of carbonyl (C=O) groups excluding carboxylic acids is 3. The first-order chi connectivity index (χ1) is 15.9. The number of hydrogen-bond acceptors (Lipinski definition) is 7. The van der Waals surface area contributed by atoms with E-state index >= 15 is 0 Å². The Morgan fingerprint density at radius 3 is 2.39 bits per heavy atom. The van der Waals surface area contributed by atoms with Crippen molar-refractivity contribution in [1.82, 2.24) is 20.0 Å². The lowest BCUT2D eigenvalue weighted by Crippen LogP contribution is -2.48. The fourth-order valence-corrected chi connectivity index (χ4v) is 4.95. The van der Waals surface area contributed by atoms with E-state index in [0.29, 0.717) is 30.4 Å². The number of nitrogens with zero attached hydrogens (tertiary/aromatic N) is 4. The minimum absolute atomic E-state index is 0.112. The number of amides is 3. The Balaban J connectivity index is 1.35. The molecule has 1 N–H and O–H groups in total. The van der Waals surface area contributed by atoms with Crippen LogP contribution in [0.2, 0.25) is 0 Å². The molecule has 2 saturated heterocycles.